The number of benzene rings is 1. The van der Waals surface area contributed by atoms with Crippen LogP contribution < -0.4 is 10.1 Å². The highest BCUT2D eigenvalue weighted by Crippen LogP contribution is 2.17. The van der Waals surface area contributed by atoms with Crippen LogP contribution in [0, 0.1) is 0 Å². The van der Waals surface area contributed by atoms with Crippen LogP contribution in [0.3, 0.4) is 0 Å². The van der Waals surface area contributed by atoms with E-state index in [0.717, 1.165) is 17.3 Å². The Labute approximate surface area is 116 Å². The number of hydrogen-bond acceptors (Lipinski definition) is 2. The van der Waals surface area contributed by atoms with E-state index in [-0.39, 0.29) is 0 Å². The quantitative estimate of drug-likeness (QED) is 0.830. The van der Waals surface area contributed by atoms with Crippen molar-refractivity contribution < 1.29 is 14.0 Å². The molecule has 1 rings (SSSR count). The lowest BCUT2D eigenvalue weighted by molar-refractivity contribution is -0.894. The SMILES string of the molecule is CNC(=O)Oc1cccc(CCC(C)[N+](C)(C)C)c1. The third-order valence-electron chi connectivity index (χ3n) is 3.49. The van der Waals surface area contributed by atoms with Gasteiger partial charge in [-0.15, -0.1) is 0 Å². The number of ether oxygens (including phenoxy) is 1. The normalized spacial score (nSPS) is 12.9. The van der Waals surface area contributed by atoms with Crippen LogP contribution in [0.15, 0.2) is 24.3 Å². The number of aryl methyl sites for hydroxylation is 1. The summed E-state index contributed by atoms with van der Waals surface area (Å²) in [5, 5.41) is 2.44. The molecule has 0 saturated heterocycles. The van der Waals surface area contributed by atoms with Crippen LogP contribution in [0.2, 0.25) is 0 Å². The fourth-order valence-electron chi connectivity index (χ4n) is 1.69. The molecule has 1 atom stereocenters. The monoisotopic (exact) mass is 265 g/mol. The Kier molecular flexibility index (Phi) is 5.36. The molecule has 0 aliphatic carbocycles. The smallest absolute Gasteiger partial charge is 0.410 e. The Morgan fingerprint density at radius 2 is 2.05 bits per heavy atom. The molecular weight excluding hydrogens is 240 g/mol. The number of carbonyl (C=O) groups is 1. The molecule has 4 heteroatoms. The van der Waals surface area contributed by atoms with Crippen molar-refractivity contribution in [2.75, 3.05) is 28.2 Å². The molecule has 1 amide bonds. The van der Waals surface area contributed by atoms with Gasteiger partial charge in [-0.2, -0.15) is 0 Å². The molecule has 0 spiro atoms. The van der Waals surface area contributed by atoms with E-state index >= 15 is 0 Å². The average molecular weight is 265 g/mol. The molecule has 1 aromatic rings. The molecule has 0 heterocycles. The average Bonchev–Trinajstić information content (AvgIpc) is 2.35. The minimum Gasteiger partial charge on any atom is -0.410 e. The van der Waals surface area contributed by atoms with Gasteiger partial charge in [-0.05, 0) is 31.0 Å². The molecule has 1 unspecified atom stereocenters. The van der Waals surface area contributed by atoms with Crippen molar-refractivity contribution in [1.29, 1.82) is 0 Å². The third-order valence-corrected chi connectivity index (χ3v) is 3.49. The largest absolute Gasteiger partial charge is 0.412 e. The number of quaternary nitrogens is 1. The maximum atomic E-state index is 11.2. The molecule has 0 saturated carbocycles. The zero-order chi connectivity index (χ0) is 14.5. The van der Waals surface area contributed by atoms with Gasteiger partial charge >= 0.3 is 6.09 Å². The van der Waals surface area contributed by atoms with E-state index in [1.54, 1.807) is 13.1 Å². The van der Waals surface area contributed by atoms with Gasteiger partial charge in [0.1, 0.15) is 5.75 Å². The summed E-state index contributed by atoms with van der Waals surface area (Å²) in [4.78, 5) is 11.2. The zero-order valence-corrected chi connectivity index (χ0v) is 12.6. The van der Waals surface area contributed by atoms with Gasteiger partial charge in [-0.1, -0.05) is 12.1 Å². The summed E-state index contributed by atoms with van der Waals surface area (Å²) in [5.74, 6) is 0.592. The number of rotatable bonds is 5. The van der Waals surface area contributed by atoms with Crippen LogP contribution in [0.4, 0.5) is 4.79 Å². The van der Waals surface area contributed by atoms with Crippen LogP contribution in [-0.2, 0) is 6.42 Å². The Hall–Kier alpha value is -1.55. The van der Waals surface area contributed by atoms with E-state index in [0.29, 0.717) is 11.8 Å². The number of amides is 1. The minimum absolute atomic E-state index is 0.433. The molecule has 0 radical (unpaired) electrons. The molecule has 0 bridgehead atoms. The summed E-state index contributed by atoms with van der Waals surface area (Å²) >= 11 is 0. The maximum absolute atomic E-state index is 11.2. The number of carbonyl (C=O) groups excluding carboxylic acids is 1. The van der Waals surface area contributed by atoms with Crippen molar-refractivity contribution in [3.05, 3.63) is 29.8 Å². The van der Waals surface area contributed by atoms with Gasteiger partial charge < -0.3 is 14.5 Å². The molecule has 1 aromatic carbocycles. The number of nitrogens with one attached hydrogen (secondary N) is 1. The van der Waals surface area contributed by atoms with Crippen LogP contribution in [0.5, 0.6) is 5.75 Å². The fourth-order valence-corrected chi connectivity index (χ4v) is 1.69. The minimum atomic E-state index is -0.433. The Morgan fingerprint density at radius 3 is 2.63 bits per heavy atom. The van der Waals surface area contributed by atoms with Crippen LogP contribution in [0.1, 0.15) is 18.9 Å². The summed E-state index contributed by atoms with van der Waals surface area (Å²) in [7, 11) is 8.16. The Morgan fingerprint density at radius 1 is 1.37 bits per heavy atom. The first-order valence-corrected chi connectivity index (χ1v) is 6.62. The van der Waals surface area contributed by atoms with E-state index in [2.05, 4.69) is 39.4 Å². The maximum Gasteiger partial charge on any atom is 0.412 e. The predicted molar refractivity (Wildman–Crippen MR) is 77.3 cm³/mol. The zero-order valence-electron chi connectivity index (χ0n) is 12.6. The van der Waals surface area contributed by atoms with Crippen molar-refractivity contribution in [2.24, 2.45) is 0 Å². The molecule has 0 fully saturated rings. The van der Waals surface area contributed by atoms with Gasteiger partial charge in [0.15, 0.2) is 0 Å². The summed E-state index contributed by atoms with van der Waals surface area (Å²) < 4.78 is 6.08. The molecular formula is C15H25N2O2+. The van der Waals surface area contributed by atoms with Gasteiger partial charge in [0.05, 0.1) is 27.2 Å². The van der Waals surface area contributed by atoms with Crippen LogP contribution in [0.25, 0.3) is 0 Å². The Balaban J connectivity index is 2.60. The fraction of sp³-hybridized carbons (Fsp3) is 0.533. The first-order chi connectivity index (χ1) is 8.82. The van der Waals surface area contributed by atoms with Gasteiger partial charge in [0.2, 0.25) is 0 Å². The van der Waals surface area contributed by atoms with Crippen LogP contribution in [-0.4, -0.2) is 44.8 Å². The first kappa shape index (κ1) is 15.5. The van der Waals surface area contributed by atoms with E-state index < -0.39 is 6.09 Å². The predicted octanol–water partition coefficient (Wildman–Crippen LogP) is 2.43. The van der Waals surface area contributed by atoms with E-state index in [1.165, 1.54) is 5.56 Å². The molecule has 0 aliphatic rings. The summed E-state index contributed by atoms with van der Waals surface area (Å²) in [6, 6.07) is 8.30. The van der Waals surface area contributed by atoms with Gasteiger partial charge in [-0.25, -0.2) is 4.79 Å². The standard InChI is InChI=1S/C15H24N2O2/c1-12(17(3,4)5)9-10-13-7-6-8-14(11-13)19-15(18)16-2/h6-8,11-12H,9-10H2,1-5H3/p+1. The molecule has 1 N–H and O–H groups in total. The highest BCUT2D eigenvalue weighted by Gasteiger charge is 2.17. The number of nitrogens with zero attached hydrogens (tertiary/aromatic N) is 1. The molecule has 4 nitrogen and oxygen atoms in total. The van der Waals surface area contributed by atoms with Crippen molar-refractivity contribution in [2.45, 2.75) is 25.8 Å². The second-order valence-corrected chi connectivity index (χ2v) is 5.79. The molecule has 106 valence electrons. The lowest BCUT2D eigenvalue weighted by atomic mass is 10.0. The highest BCUT2D eigenvalue weighted by molar-refractivity contribution is 5.69. The molecule has 0 aromatic heterocycles. The lowest BCUT2D eigenvalue weighted by Gasteiger charge is -2.31. The molecule has 19 heavy (non-hydrogen) atoms. The topological polar surface area (TPSA) is 38.3 Å². The summed E-state index contributed by atoms with van der Waals surface area (Å²) in [6.07, 6.45) is 1.66. The lowest BCUT2D eigenvalue weighted by Crippen LogP contribution is -2.43. The van der Waals surface area contributed by atoms with Crippen molar-refractivity contribution in [1.82, 2.24) is 5.32 Å². The summed E-state index contributed by atoms with van der Waals surface area (Å²) in [6.45, 7) is 2.25. The Bertz CT molecular complexity index is 424. The van der Waals surface area contributed by atoms with Crippen molar-refractivity contribution >= 4 is 6.09 Å². The van der Waals surface area contributed by atoms with Crippen molar-refractivity contribution in [3.63, 3.8) is 0 Å². The second-order valence-electron chi connectivity index (χ2n) is 5.79. The van der Waals surface area contributed by atoms with E-state index in [9.17, 15) is 4.79 Å². The number of hydrogen-bond donors (Lipinski definition) is 1. The van der Waals surface area contributed by atoms with E-state index in [1.807, 2.05) is 12.1 Å². The van der Waals surface area contributed by atoms with Gasteiger partial charge in [-0.3, -0.25) is 0 Å². The summed E-state index contributed by atoms with van der Waals surface area (Å²) in [5.41, 5.74) is 1.20. The highest BCUT2D eigenvalue weighted by atomic mass is 16.5. The van der Waals surface area contributed by atoms with Gasteiger partial charge in [0.25, 0.3) is 0 Å². The van der Waals surface area contributed by atoms with Crippen molar-refractivity contribution in [3.8, 4) is 5.75 Å². The second kappa shape index (κ2) is 6.57. The first-order valence-electron chi connectivity index (χ1n) is 6.62. The van der Waals surface area contributed by atoms with Gasteiger partial charge in [0, 0.05) is 13.5 Å². The third kappa shape index (κ3) is 5.30. The van der Waals surface area contributed by atoms with E-state index in [4.69, 9.17) is 4.74 Å². The van der Waals surface area contributed by atoms with Crippen LogP contribution >= 0.6 is 0 Å². The molecule has 0 aliphatic heterocycles.